The lowest BCUT2D eigenvalue weighted by molar-refractivity contribution is -0.385. The van der Waals surface area contributed by atoms with Crippen molar-refractivity contribution in [1.29, 1.82) is 0 Å². The van der Waals surface area contributed by atoms with E-state index in [0.29, 0.717) is 36.0 Å². The molecule has 2 aromatic carbocycles. The molecule has 192 valence electrons. The maximum atomic E-state index is 11.7. The number of Topliss-reactive ketones (excluding diaryl/α,β-unsaturated/α-hetero) is 2. The Bertz CT molecular complexity index is 1040. The molecule has 0 unspecified atom stereocenters. The summed E-state index contributed by atoms with van der Waals surface area (Å²) < 4.78 is 0. The predicted octanol–water partition coefficient (Wildman–Crippen LogP) is 5.31. The zero-order valence-electron chi connectivity index (χ0n) is 19.9. The summed E-state index contributed by atoms with van der Waals surface area (Å²) in [6, 6.07) is 11.1. The lowest BCUT2D eigenvalue weighted by atomic mass is 9.82. The van der Waals surface area contributed by atoms with Crippen LogP contribution in [0.4, 0.5) is 11.4 Å². The highest BCUT2D eigenvalue weighted by molar-refractivity contribution is 5.82. The Labute approximate surface area is 208 Å². The Hall–Kier alpha value is -3.79. The summed E-state index contributed by atoms with van der Waals surface area (Å²) in [6.07, 6.45) is 8.08. The van der Waals surface area contributed by atoms with Gasteiger partial charge in [0, 0.05) is 55.0 Å². The number of aliphatic hydroxyl groups excluding tert-OH is 1. The van der Waals surface area contributed by atoms with Crippen molar-refractivity contribution >= 4 is 29.2 Å². The van der Waals surface area contributed by atoms with Gasteiger partial charge in [-0.15, -0.1) is 0 Å². The number of carbonyl (C=O) groups is 3. The summed E-state index contributed by atoms with van der Waals surface area (Å²) in [5.41, 5.74) is 0.993. The smallest absolute Gasteiger partial charge is 0.269 e. The molecule has 2 aromatic rings. The molecule has 0 heterocycles. The van der Waals surface area contributed by atoms with Crippen LogP contribution in [0.3, 0.4) is 0 Å². The fraction of sp³-hybridized carbons (Fsp3) is 0.423. The Morgan fingerprint density at radius 1 is 0.778 bits per heavy atom. The first-order valence-corrected chi connectivity index (χ1v) is 11.9. The van der Waals surface area contributed by atoms with Crippen molar-refractivity contribution in [3.8, 4) is 0 Å². The predicted molar refractivity (Wildman–Crippen MR) is 132 cm³/mol. The normalized spacial score (nSPS) is 18.0. The molecule has 10 heteroatoms. The van der Waals surface area contributed by atoms with Crippen LogP contribution in [0.15, 0.2) is 48.5 Å². The molecule has 2 aliphatic rings. The van der Waals surface area contributed by atoms with Crippen molar-refractivity contribution in [3.05, 3.63) is 79.9 Å². The van der Waals surface area contributed by atoms with Crippen LogP contribution in [0.25, 0.3) is 0 Å². The van der Waals surface area contributed by atoms with Crippen LogP contribution in [-0.2, 0) is 9.59 Å². The highest BCUT2D eigenvalue weighted by Gasteiger charge is 2.30. The van der Waals surface area contributed by atoms with E-state index >= 15 is 0 Å². The molecule has 4 rings (SSSR count). The van der Waals surface area contributed by atoms with Crippen LogP contribution in [0, 0.1) is 26.1 Å². The van der Waals surface area contributed by atoms with E-state index in [1.807, 2.05) is 0 Å². The largest absolute Gasteiger partial charge is 0.388 e. The Morgan fingerprint density at radius 3 is 1.69 bits per heavy atom. The fourth-order valence-electron chi connectivity index (χ4n) is 3.99. The van der Waals surface area contributed by atoms with Gasteiger partial charge in [-0.05, 0) is 55.5 Å². The third-order valence-corrected chi connectivity index (χ3v) is 6.08. The summed E-state index contributed by atoms with van der Waals surface area (Å²) in [7, 11) is 0. The molecule has 0 aliphatic heterocycles. The van der Waals surface area contributed by atoms with Crippen molar-refractivity contribution in [2.45, 2.75) is 63.9 Å². The first-order valence-electron chi connectivity index (χ1n) is 11.9. The van der Waals surface area contributed by atoms with Crippen LogP contribution in [0.5, 0.6) is 0 Å². The van der Waals surface area contributed by atoms with Gasteiger partial charge in [-0.1, -0.05) is 12.8 Å². The third kappa shape index (κ3) is 9.10. The van der Waals surface area contributed by atoms with Gasteiger partial charge in [0.1, 0.15) is 17.9 Å². The van der Waals surface area contributed by atoms with Gasteiger partial charge in [-0.25, -0.2) is 0 Å². The minimum Gasteiger partial charge on any atom is -0.388 e. The Balaban J connectivity index is 0.000000214. The van der Waals surface area contributed by atoms with Gasteiger partial charge in [0.15, 0.2) is 0 Å². The monoisotopic (exact) mass is 498 g/mol. The molecule has 0 spiro atoms. The van der Waals surface area contributed by atoms with E-state index in [1.165, 1.54) is 55.0 Å². The van der Waals surface area contributed by atoms with Gasteiger partial charge in [0.2, 0.25) is 0 Å². The molecule has 0 bridgehead atoms. The highest BCUT2D eigenvalue weighted by Crippen LogP contribution is 2.32. The number of ketones is 2. The lowest BCUT2D eigenvalue weighted by Crippen LogP contribution is -2.25. The van der Waals surface area contributed by atoms with Crippen LogP contribution >= 0.6 is 0 Å². The van der Waals surface area contributed by atoms with E-state index in [-0.39, 0.29) is 23.1 Å². The number of nitro benzene ring substituents is 2. The number of aldehydes is 1. The zero-order valence-corrected chi connectivity index (χ0v) is 19.9. The van der Waals surface area contributed by atoms with Crippen LogP contribution in [-0.4, -0.2) is 32.8 Å². The second kappa shape index (κ2) is 14.6. The summed E-state index contributed by atoms with van der Waals surface area (Å²) in [4.78, 5) is 51.9. The fourth-order valence-corrected chi connectivity index (χ4v) is 3.99. The topological polar surface area (TPSA) is 158 Å². The molecule has 2 fully saturated rings. The SMILES string of the molecule is O=C1CCCCC1.O=C1CCCC[C@H]1[C@@H](O)c1ccc([N+](=O)[O-])cc1.O=Cc1ccc([N+](=O)[O-])cc1. The number of carbonyl (C=O) groups excluding carboxylic acids is 3. The quantitative estimate of drug-likeness (QED) is 0.330. The van der Waals surface area contributed by atoms with Gasteiger partial charge in [0.25, 0.3) is 11.4 Å². The van der Waals surface area contributed by atoms with Gasteiger partial charge in [0.05, 0.1) is 16.0 Å². The van der Waals surface area contributed by atoms with E-state index in [0.717, 1.165) is 38.5 Å². The molecule has 10 nitrogen and oxygen atoms in total. The maximum absolute atomic E-state index is 11.7. The van der Waals surface area contributed by atoms with Gasteiger partial charge >= 0.3 is 0 Å². The van der Waals surface area contributed by atoms with E-state index in [4.69, 9.17) is 0 Å². The number of benzene rings is 2. The molecule has 0 amide bonds. The Kier molecular flexibility index (Phi) is 11.5. The van der Waals surface area contributed by atoms with Crippen LogP contribution in [0.2, 0.25) is 0 Å². The number of nitro groups is 2. The molecule has 2 saturated carbocycles. The maximum Gasteiger partial charge on any atom is 0.269 e. The average molecular weight is 499 g/mol. The molecule has 0 saturated heterocycles. The standard InChI is InChI=1S/C13H15NO4.C7H5NO3.C6H10O/c15-12-4-2-1-3-11(12)13(16)9-5-7-10(8-6-9)14(17)18;9-5-6-1-3-7(4-2-6)8(10)11;7-6-4-2-1-3-5-6/h5-8,11,13,16H,1-4H2;1-5H;1-5H2/t11-,13+;;/m1../s1. The highest BCUT2D eigenvalue weighted by atomic mass is 16.6. The number of hydrogen-bond acceptors (Lipinski definition) is 8. The third-order valence-electron chi connectivity index (χ3n) is 6.08. The molecule has 1 N–H and O–H groups in total. The molecule has 2 aliphatic carbocycles. The molecular formula is C26H30N2O8. The number of hydrogen-bond donors (Lipinski definition) is 1. The Morgan fingerprint density at radius 2 is 1.28 bits per heavy atom. The van der Waals surface area contributed by atoms with E-state index < -0.39 is 16.0 Å². The average Bonchev–Trinajstić information content (AvgIpc) is 2.90. The summed E-state index contributed by atoms with van der Waals surface area (Å²) >= 11 is 0. The van der Waals surface area contributed by atoms with Gasteiger partial charge in [-0.2, -0.15) is 0 Å². The minimum atomic E-state index is -0.849. The lowest BCUT2D eigenvalue weighted by Gasteiger charge is -2.25. The van der Waals surface area contributed by atoms with Crippen molar-refractivity contribution in [3.63, 3.8) is 0 Å². The second-order valence-electron chi connectivity index (χ2n) is 8.68. The number of aliphatic hydroxyl groups is 1. The molecule has 0 aromatic heterocycles. The van der Waals surface area contributed by atoms with E-state index in [1.54, 1.807) is 0 Å². The molecular weight excluding hydrogens is 468 g/mol. The summed E-state index contributed by atoms with van der Waals surface area (Å²) in [6.45, 7) is 0. The number of non-ortho nitro benzene ring substituents is 2. The molecule has 36 heavy (non-hydrogen) atoms. The van der Waals surface area contributed by atoms with Gasteiger partial charge < -0.3 is 5.11 Å². The first kappa shape index (κ1) is 28.4. The number of nitrogens with zero attached hydrogens (tertiary/aromatic N) is 2. The molecule has 2 atom stereocenters. The van der Waals surface area contributed by atoms with Crippen molar-refractivity contribution in [2.75, 3.05) is 0 Å². The summed E-state index contributed by atoms with van der Waals surface area (Å²) in [5, 5.41) is 30.8. The van der Waals surface area contributed by atoms with Crippen LogP contribution < -0.4 is 0 Å². The summed E-state index contributed by atoms with van der Waals surface area (Å²) in [5.74, 6) is 0.193. The van der Waals surface area contributed by atoms with Crippen molar-refractivity contribution < 1.29 is 29.3 Å². The van der Waals surface area contributed by atoms with E-state index in [9.17, 15) is 39.7 Å². The first-order chi connectivity index (χ1) is 17.2. The van der Waals surface area contributed by atoms with E-state index in [2.05, 4.69) is 0 Å². The van der Waals surface area contributed by atoms with Crippen LogP contribution in [0.1, 0.15) is 79.8 Å². The number of rotatable bonds is 5. The zero-order chi connectivity index (χ0) is 26.5. The molecule has 0 radical (unpaired) electrons. The van der Waals surface area contributed by atoms with Crippen molar-refractivity contribution in [1.82, 2.24) is 0 Å². The van der Waals surface area contributed by atoms with Crippen molar-refractivity contribution in [2.24, 2.45) is 5.92 Å². The van der Waals surface area contributed by atoms with Gasteiger partial charge in [-0.3, -0.25) is 34.6 Å². The minimum absolute atomic E-state index is 0.00407. The second-order valence-corrected chi connectivity index (χ2v) is 8.68.